The highest BCUT2D eigenvalue weighted by Crippen LogP contribution is 2.27. The van der Waals surface area contributed by atoms with Crippen LogP contribution in [0.25, 0.3) is 0 Å². The highest BCUT2D eigenvalue weighted by molar-refractivity contribution is 9.10. The quantitative estimate of drug-likeness (QED) is 0.796. The molecule has 0 spiro atoms. The number of hydrogen-bond acceptors (Lipinski definition) is 3. The van der Waals surface area contributed by atoms with Gasteiger partial charge in [-0.25, -0.2) is 4.98 Å². The number of benzene rings is 1. The van der Waals surface area contributed by atoms with Gasteiger partial charge in [-0.05, 0) is 36.2 Å². The SMILES string of the molecule is Cc1cc(Oc2cc(CNC(C)C)c(Cl)cn2)ccc1Br. The first-order valence-electron chi connectivity index (χ1n) is 6.77. The summed E-state index contributed by atoms with van der Waals surface area (Å²) in [6, 6.07) is 8.09. The molecule has 0 aliphatic rings. The molecule has 1 N–H and O–H groups in total. The topological polar surface area (TPSA) is 34.1 Å². The van der Waals surface area contributed by atoms with Gasteiger partial charge in [0.15, 0.2) is 0 Å². The second-order valence-electron chi connectivity index (χ2n) is 5.16. The van der Waals surface area contributed by atoms with Crippen LogP contribution < -0.4 is 10.1 Å². The Morgan fingerprint density at radius 2 is 2.10 bits per heavy atom. The van der Waals surface area contributed by atoms with Gasteiger partial charge in [0.2, 0.25) is 5.88 Å². The van der Waals surface area contributed by atoms with E-state index in [1.165, 1.54) is 0 Å². The molecule has 112 valence electrons. The van der Waals surface area contributed by atoms with Crippen LogP contribution in [0, 0.1) is 6.92 Å². The fraction of sp³-hybridized carbons (Fsp3) is 0.312. The number of ether oxygens (including phenoxy) is 1. The van der Waals surface area contributed by atoms with Crippen LogP contribution in [0.15, 0.2) is 34.9 Å². The van der Waals surface area contributed by atoms with E-state index in [0.717, 1.165) is 21.3 Å². The van der Waals surface area contributed by atoms with Crippen molar-refractivity contribution in [1.29, 1.82) is 0 Å². The van der Waals surface area contributed by atoms with Crippen LogP contribution in [0.4, 0.5) is 0 Å². The molecule has 1 heterocycles. The molecule has 1 aromatic carbocycles. The van der Waals surface area contributed by atoms with Crippen molar-refractivity contribution in [2.45, 2.75) is 33.4 Å². The van der Waals surface area contributed by atoms with Gasteiger partial charge < -0.3 is 10.1 Å². The number of rotatable bonds is 5. The van der Waals surface area contributed by atoms with Crippen LogP contribution in [-0.4, -0.2) is 11.0 Å². The molecule has 0 radical (unpaired) electrons. The Kier molecular flexibility index (Phi) is 5.62. The van der Waals surface area contributed by atoms with Gasteiger partial charge in [0.1, 0.15) is 5.75 Å². The summed E-state index contributed by atoms with van der Waals surface area (Å²) >= 11 is 9.64. The van der Waals surface area contributed by atoms with Crippen molar-refractivity contribution < 1.29 is 4.74 Å². The number of hydrogen-bond donors (Lipinski definition) is 1. The molecule has 0 amide bonds. The van der Waals surface area contributed by atoms with E-state index in [-0.39, 0.29) is 0 Å². The minimum absolute atomic E-state index is 0.396. The lowest BCUT2D eigenvalue weighted by Crippen LogP contribution is -2.22. The summed E-state index contributed by atoms with van der Waals surface area (Å²) in [5.41, 5.74) is 2.09. The minimum Gasteiger partial charge on any atom is -0.439 e. The normalized spacial score (nSPS) is 11.0. The van der Waals surface area contributed by atoms with E-state index in [4.69, 9.17) is 16.3 Å². The Morgan fingerprint density at radius 3 is 2.76 bits per heavy atom. The summed E-state index contributed by atoms with van der Waals surface area (Å²) < 4.78 is 6.85. The van der Waals surface area contributed by atoms with Crippen LogP contribution in [0.3, 0.4) is 0 Å². The lowest BCUT2D eigenvalue weighted by Gasteiger charge is -2.11. The molecule has 0 fully saturated rings. The molecule has 0 saturated heterocycles. The van der Waals surface area contributed by atoms with E-state index in [1.807, 2.05) is 31.2 Å². The van der Waals surface area contributed by atoms with Crippen molar-refractivity contribution >= 4 is 27.5 Å². The van der Waals surface area contributed by atoms with Crippen LogP contribution in [0.1, 0.15) is 25.0 Å². The lowest BCUT2D eigenvalue weighted by atomic mass is 10.2. The molecule has 0 unspecified atom stereocenters. The fourth-order valence-corrected chi connectivity index (χ4v) is 2.18. The zero-order chi connectivity index (χ0) is 15.4. The molecule has 1 aromatic heterocycles. The fourth-order valence-electron chi connectivity index (χ4n) is 1.77. The van der Waals surface area contributed by atoms with Gasteiger partial charge in [-0.2, -0.15) is 0 Å². The molecule has 0 aliphatic carbocycles. The number of halogens is 2. The largest absolute Gasteiger partial charge is 0.439 e. The van der Waals surface area contributed by atoms with Crippen LogP contribution >= 0.6 is 27.5 Å². The number of nitrogens with one attached hydrogen (secondary N) is 1. The molecule has 3 nitrogen and oxygen atoms in total. The second kappa shape index (κ2) is 7.25. The minimum atomic E-state index is 0.396. The van der Waals surface area contributed by atoms with Crippen LogP contribution in [0.2, 0.25) is 5.02 Å². The monoisotopic (exact) mass is 368 g/mol. The smallest absolute Gasteiger partial charge is 0.219 e. The van der Waals surface area contributed by atoms with Gasteiger partial charge in [-0.15, -0.1) is 0 Å². The van der Waals surface area contributed by atoms with Gasteiger partial charge in [-0.1, -0.05) is 41.4 Å². The third kappa shape index (κ3) is 4.70. The predicted molar refractivity (Wildman–Crippen MR) is 90.2 cm³/mol. The van der Waals surface area contributed by atoms with Gasteiger partial charge in [0, 0.05) is 29.3 Å². The molecule has 2 aromatic rings. The molecular formula is C16H18BrClN2O. The Labute approximate surface area is 138 Å². The second-order valence-corrected chi connectivity index (χ2v) is 6.42. The standard InChI is InChI=1S/C16H18BrClN2O/c1-10(2)19-8-12-7-16(20-9-15(12)18)21-13-4-5-14(17)11(3)6-13/h4-7,9-10,19H,8H2,1-3H3. The third-order valence-corrected chi connectivity index (χ3v) is 4.19. The lowest BCUT2D eigenvalue weighted by molar-refractivity contribution is 0.461. The summed E-state index contributed by atoms with van der Waals surface area (Å²) in [4.78, 5) is 4.22. The summed E-state index contributed by atoms with van der Waals surface area (Å²) in [7, 11) is 0. The van der Waals surface area contributed by atoms with Gasteiger partial charge in [-0.3, -0.25) is 0 Å². The maximum absolute atomic E-state index is 6.16. The Morgan fingerprint density at radius 1 is 1.33 bits per heavy atom. The van der Waals surface area contributed by atoms with E-state index in [9.17, 15) is 0 Å². The summed E-state index contributed by atoms with van der Waals surface area (Å²) in [6.45, 7) is 6.90. The molecule has 2 rings (SSSR count). The van der Waals surface area contributed by atoms with Crippen LogP contribution in [-0.2, 0) is 6.54 Å². The summed E-state index contributed by atoms with van der Waals surface area (Å²) in [5, 5.41) is 3.98. The summed E-state index contributed by atoms with van der Waals surface area (Å²) in [6.07, 6.45) is 1.62. The first kappa shape index (κ1) is 16.3. The van der Waals surface area contributed by atoms with Crippen molar-refractivity contribution in [3.8, 4) is 11.6 Å². The molecule has 0 bridgehead atoms. The third-order valence-electron chi connectivity index (χ3n) is 2.96. The molecule has 21 heavy (non-hydrogen) atoms. The van der Waals surface area contributed by atoms with Crippen molar-refractivity contribution in [3.05, 3.63) is 51.1 Å². The first-order valence-corrected chi connectivity index (χ1v) is 7.94. The number of aromatic nitrogens is 1. The van der Waals surface area contributed by atoms with Crippen molar-refractivity contribution in [1.82, 2.24) is 10.3 Å². The maximum atomic E-state index is 6.16. The van der Waals surface area contributed by atoms with Gasteiger partial charge in [0.05, 0.1) is 5.02 Å². The Hall–Kier alpha value is -1.10. The number of aryl methyl sites for hydroxylation is 1. The van der Waals surface area contributed by atoms with E-state index in [1.54, 1.807) is 6.20 Å². The molecule has 0 aliphatic heterocycles. The summed E-state index contributed by atoms with van der Waals surface area (Å²) in [5.74, 6) is 1.30. The average Bonchev–Trinajstić information content (AvgIpc) is 2.43. The number of pyridine rings is 1. The van der Waals surface area contributed by atoms with Gasteiger partial charge in [0.25, 0.3) is 0 Å². The van der Waals surface area contributed by atoms with Crippen molar-refractivity contribution in [3.63, 3.8) is 0 Å². The Bertz CT molecular complexity index is 632. The van der Waals surface area contributed by atoms with Crippen LogP contribution in [0.5, 0.6) is 11.6 Å². The average molecular weight is 370 g/mol. The molecular weight excluding hydrogens is 352 g/mol. The van der Waals surface area contributed by atoms with E-state index in [2.05, 4.69) is 40.1 Å². The zero-order valence-corrected chi connectivity index (χ0v) is 14.6. The first-order chi connectivity index (χ1) is 9.95. The Balaban J connectivity index is 2.16. The van der Waals surface area contributed by atoms with E-state index >= 15 is 0 Å². The molecule has 0 saturated carbocycles. The van der Waals surface area contributed by atoms with Crippen molar-refractivity contribution in [2.24, 2.45) is 0 Å². The zero-order valence-electron chi connectivity index (χ0n) is 12.3. The molecule has 5 heteroatoms. The van der Waals surface area contributed by atoms with E-state index < -0.39 is 0 Å². The van der Waals surface area contributed by atoms with Crippen molar-refractivity contribution in [2.75, 3.05) is 0 Å². The highest BCUT2D eigenvalue weighted by Gasteiger charge is 2.07. The van der Waals surface area contributed by atoms with E-state index in [0.29, 0.717) is 23.5 Å². The number of nitrogens with zero attached hydrogens (tertiary/aromatic N) is 1. The molecule has 0 atom stereocenters. The maximum Gasteiger partial charge on any atom is 0.219 e. The van der Waals surface area contributed by atoms with Gasteiger partial charge >= 0.3 is 0 Å². The highest BCUT2D eigenvalue weighted by atomic mass is 79.9. The predicted octanol–water partition coefficient (Wildman–Crippen LogP) is 5.10.